The van der Waals surface area contributed by atoms with E-state index in [-0.39, 0.29) is 5.97 Å². The summed E-state index contributed by atoms with van der Waals surface area (Å²) in [6.45, 7) is 1.23. The minimum Gasteiger partial charge on any atom is -0.493 e. The van der Waals surface area contributed by atoms with Gasteiger partial charge in [0.05, 0.1) is 13.7 Å². The number of nitrogens with one attached hydrogen (secondary N) is 1. The normalized spacial score (nSPS) is 21.6. The van der Waals surface area contributed by atoms with E-state index >= 15 is 0 Å². The first-order chi connectivity index (χ1) is 9.76. The standard InChI is InChI=1S/C15H19NO4/c1-18-12-5-2-10(9-16-11-3-4-11)8-14(12)20-13-6-7-19-15(13)17/h2,5,8,11,13,16H,3-4,6-7,9H2,1H3. The van der Waals surface area contributed by atoms with Crippen LogP contribution in [0.1, 0.15) is 24.8 Å². The van der Waals surface area contributed by atoms with E-state index in [1.807, 2.05) is 18.2 Å². The highest BCUT2D eigenvalue weighted by atomic mass is 16.6. The molecule has 1 aromatic rings. The first-order valence-electron chi connectivity index (χ1n) is 7.00. The van der Waals surface area contributed by atoms with Crippen molar-refractivity contribution >= 4 is 5.97 Å². The van der Waals surface area contributed by atoms with Gasteiger partial charge in [0.1, 0.15) is 0 Å². The van der Waals surface area contributed by atoms with Crippen molar-refractivity contribution in [1.29, 1.82) is 0 Å². The van der Waals surface area contributed by atoms with E-state index in [4.69, 9.17) is 14.2 Å². The Kier molecular flexibility index (Phi) is 3.78. The molecule has 3 rings (SSSR count). The van der Waals surface area contributed by atoms with E-state index in [1.54, 1.807) is 7.11 Å². The molecule has 2 aliphatic rings. The third kappa shape index (κ3) is 3.04. The number of cyclic esters (lactones) is 1. The minimum absolute atomic E-state index is 0.298. The molecule has 20 heavy (non-hydrogen) atoms. The molecule has 1 aliphatic heterocycles. The molecule has 1 aliphatic carbocycles. The van der Waals surface area contributed by atoms with Crippen LogP contribution >= 0.6 is 0 Å². The minimum atomic E-state index is -0.518. The Hall–Kier alpha value is -1.75. The lowest BCUT2D eigenvalue weighted by Gasteiger charge is -2.15. The van der Waals surface area contributed by atoms with E-state index in [2.05, 4.69) is 5.32 Å². The van der Waals surface area contributed by atoms with Gasteiger partial charge in [-0.05, 0) is 30.5 Å². The van der Waals surface area contributed by atoms with Crippen molar-refractivity contribution in [3.8, 4) is 11.5 Å². The van der Waals surface area contributed by atoms with Crippen molar-refractivity contribution in [3.05, 3.63) is 23.8 Å². The van der Waals surface area contributed by atoms with E-state index in [0.29, 0.717) is 30.6 Å². The SMILES string of the molecule is COc1ccc(CNC2CC2)cc1OC1CCOC1=O. The van der Waals surface area contributed by atoms with Crippen molar-refractivity contribution in [1.82, 2.24) is 5.32 Å². The largest absolute Gasteiger partial charge is 0.493 e. The van der Waals surface area contributed by atoms with Gasteiger partial charge in [-0.2, -0.15) is 0 Å². The third-order valence-electron chi connectivity index (χ3n) is 3.56. The monoisotopic (exact) mass is 277 g/mol. The number of benzene rings is 1. The van der Waals surface area contributed by atoms with Crippen molar-refractivity contribution in [2.45, 2.75) is 38.0 Å². The van der Waals surface area contributed by atoms with E-state index in [1.165, 1.54) is 12.8 Å². The summed E-state index contributed by atoms with van der Waals surface area (Å²) in [7, 11) is 1.59. The Morgan fingerprint density at radius 3 is 2.80 bits per heavy atom. The van der Waals surface area contributed by atoms with Crippen LogP contribution in [-0.4, -0.2) is 31.8 Å². The Morgan fingerprint density at radius 1 is 1.30 bits per heavy atom. The smallest absolute Gasteiger partial charge is 0.347 e. The fourth-order valence-corrected chi connectivity index (χ4v) is 2.21. The summed E-state index contributed by atoms with van der Waals surface area (Å²) in [5, 5.41) is 3.45. The molecule has 0 bridgehead atoms. The van der Waals surface area contributed by atoms with Crippen LogP contribution < -0.4 is 14.8 Å². The highest BCUT2D eigenvalue weighted by molar-refractivity contribution is 5.77. The van der Waals surface area contributed by atoms with Crippen LogP contribution in [-0.2, 0) is 16.1 Å². The number of carbonyl (C=O) groups is 1. The lowest BCUT2D eigenvalue weighted by atomic mass is 10.2. The summed E-state index contributed by atoms with van der Waals surface area (Å²) in [5.74, 6) is 0.944. The van der Waals surface area contributed by atoms with Gasteiger partial charge < -0.3 is 19.5 Å². The molecule has 1 aromatic carbocycles. The zero-order valence-electron chi connectivity index (χ0n) is 11.6. The highest BCUT2D eigenvalue weighted by Crippen LogP contribution is 2.31. The summed E-state index contributed by atoms with van der Waals surface area (Å²) in [6, 6.07) is 6.47. The molecule has 5 heteroatoms. The summed E-state index contributed by atoms with van der Waals surface area (Å²) < 4.78 is 15.9. The van der Waals surface area contributed by atoms with Crippen molar-refractivity contribution in [2.24, 2.45) is 0 Å². The van der Waals surface area contributed by atoms with Crippen molar-refractivity contribution in [3.63, 3.8) is 0 Å². The fourth-order valence-electron chi connectivity index (χ4n) is 2.21. The molecule has 1 heterocycles. The quantitative estimate of drug-likeness (QED) is 0.801. The van der Waals surface area contributed by atoms with Crippen LogP contribution in [0, 0.1) is 0 Å². The Labute approximate surface area is 118 Å². The second-order valence-corrected chi connectivity index (χ2v) is 5.20. The molecule has 0 spiro atoms. The summed E-state index contributed by atoms with van der Waals surface area (Å²) in [4.78, 5) is 11.5. The van der Waals surface area contributed by atoms with Crippen molar-refractivity contribution < 1.29 is 19.0 Å². The average molecular weight is 277 g/mol. The predicted octanol–water partition coefficient (Wildman–Crippen LogP) is 1.64. The lowest BCUT2D eigenvalue weighted by molar-refractivity contribution is -0.143. The molecule has 1 saturated carbocycles. The lowest BCUT2D eigenvalue weighted by Crippen LogP contribution is -2.22. The molecule has 0 amide bonds. The topological polar surface area (TPSA) is 56.8 Å². The molecule has 108 valence electrons. The number of methoxy groups -OCH3 is 1. The van der Waals surface area contributed by atoms with E-state index in [9.17, 15) is 4.79 Å². The van der Waals surface area contributed by atoms with Crippen LogP contribution in [0.3, 0.4) is 0 Å². The Morgan fingerprint density at radius 2 is 2.15 bits per heavy atom. The molecular weight excluding hydrogens is 258 g/mol. The van der Waals surface area contributed by atoms with Crippen LogP contribution in [0.2, 0.25) is 0 Å². The van der Waals surface area contributed by atoms with Gasteiger partial charge in [-0.25, -0.2) is 4.79 Å². The van der Waals surface area contributed by atoms with Gasteiger partial charge in [0.15, 0.2) is 17.6 Å². The number of carbonyl (C=O) groups excluding carboxylic acids is 1. The first-order valence-corrected chi connectivity index (χ1v) is 7.00. The maximum atomic E-state index is 11.5. The van der Waals surface area contributed by atoms with Gasteiger partial charge >= 0.3 is 5.97 Å². The molecule has 1 unspecified atom stereocenters. The maximum Gasteiger partial charge on any atom is 0.347 e. The van der Waals surface area contributed by atoms with Crippen LogP contribution in [0.5, 0.6) is 11.5 Å². The Bertz CT molecular complexity index is 499. The van der Waals surface area contributed by atoms with E-state index in [0.717, 1.165) is 12.1 Å². The molecule has 1 atom stereocenters. The molecule has 0 aromatic heterocycles. The second-order valence-electron chi connectivity index (χ2n) is 5.20. The third-order valence-corrected chi connectivity index (χ3v) is 3.56. The highest BCUT2D eigenvalue weighted by Gasteiger charge is 2.29. The average Bonchev–Trinajstić information content (AvgIpc) is 3.21. The van der Waals surface area contributed by atoms with Gasteiger partial charge in [-0.15, -0.1) is 0 Å². The molecule has 5 nitrogen and oxygen atoms in total. The zero-order chi connectivity index (χ0) is 13.9. The zero-order valence-corrected chi connectivity index (χ0v) is 11.6. The number of hydrogen-bond donors (Lipinski definition) is 1. The second kappa shape index (κ2) is 5.71. The maximum absolute atomic E-state index is 11.5. The number of ether oxygens (including phenoxy) is 3. The van der Waals surface area contributed by atoms with Gasteiger partial charge in [-0.3, -0.25) is 0 Å². The van der Waals surface area contributed by atoms with Crippen LogP contribution in [0.15, 0.2) is 18.2 Å². The van der Waals surface area contributed by atoms with Gasteiger partial charge in [0.2, 0.25) is 0 Å². The Balaban J connectivity index is 1.71. The van der Waals surface area contributed by atoms with Crippen LogP contribution in [0.4, 0.5) is 0 Å². The molecule has 0 radical (unpaired) electrons. The fraction of sp³-hybridized carbons (Fsp3) is 0.533. The van der Waals surface area contributed by atoms with Crippen molar-refractivity contribution in [2.75, 3.05) is 13.7 Å². The molecular formula is C15H19NO4. The predicted molar refractivity (Wildman–Crippen MR) is 72.8 cm³/mol. The molecule has 2 fully saturated rings. The summed E-state index contributed by atoms with van der Waals surface area (Å²) in [6.07, 6.45) is 2.59. The number of rotatable bonds is 6. The summed E-state index contributed by atoms with van der Waals surface area (Å²) in [5.41, 5.74) is 1.12. The summed E-state index contributed by atoms with van der Waals surface area (Å²) >= 11 is 0. The van der Waals surface area contributed by atoms with Gasteiger partial charge in [-0.1, -0.05) is 6.07 Å². The number of hydrogen-bond acceptors (Lipinski definition) is 5. The molecule has 1 N–H and O–H groups in total. The van der Waals surface area contributed by atoms with Gasteiger partial charge in [0.25, 0.3) is 0 Å². The molecule has 1 saturated heterocycles. The number of esters is 1. The first kappa shape index (κ1) is 13.2. The van der Waals surface area contributed by atoms with E-state index < -0.39 is 6.10 Å². The van der Waals surface area contributed by atoms with Crippen LogP contribution in [0.25, 0.3) is 0 Å². The van der Waals surface area contributed by atoms with Gasteiger partial charge in [0, 0.05) is 19.0 Å².